The highest BCUT2D eigenvalue weighted by Crippen LogP contribution is 2.33. The van der Waals surface area contributed by atoms with E-state index in [0.29, 0.717) is 12.2 Å². The normalized spacial score (nSPS) is 16.6. The van der Waals surface area contributed by atoms with Crippen LogP contribution in [0.5, 0.6) is 5.75 Å². The number of thioether (sulfide) groups is 1. The van der Waals surface area contributed by atoms with Crippen LogP contribution in [0.25, 0.3) is 0 Å². The van der Waals surface area contributed by atoms with Gasteiger partial charge >= 0.3 is 5.97 Å². The summed E-state index contributed by atoms with van der Waals surface area (Å²) in [6.07, 6.45) is 4.38. The third-order valence-corrected chi connectivity index (χ3v) is 4.76. The predicted molar refractivity (Wildman–Crippen MR) is 95.7 cm³/mol. The number of aryl methyl sites for hydroxylation is 1. The van der Waals surface area contributed by atoms with Gasteiger partial charge in [-0.1, -0.05) is 12.1 Å². The maximum atomic E-state index is 12.1. The fraction of sp³-hybridized carbons (Fsp3) is 0.556. The minimum Gasteiger partial charge on any atom is -0.488 e. The van der Waals surface area contributed by atoms with Crippen molar-refractivity contribution in [3.8, 4) is 5.75 Å². The van der Waals surface area contributed by atoms with Gasteiger partial charge in [0.2, 0.25) is 5.91 Å². The molecule has 1 aromatic carbocycles. The predicted octanol–water partition coefficient (Wildman–Crippen LogP) is 2.66. The third-order valence-electron chi connectivity index (χ3n) is 4.12. The third kappa shape index (κ3) is 5.16. The van der Waals surface area contributed by atoms with Crippen LogP contribution in [-0.2, 0) is 22.4 Å². The Morgan fingerprint density at radius 2 is 2.17 bits per heavy atom. The molecule has 0 spiro atoms. The van der Waals surface area contributed by atoms with E-state index in [0.717, 1.165) is 29.7 Å². The Hall–Kier alpha value is -1.69. The lowest BCUT2D eigenvalue weighted by Crippen LogP contribution is -2.41. The van der Waals surface area contributed by atoms with Crippen molar-refractivity contribution in [1.29, 1.82) is 0 Å². The molecule has 2 rings (SSSR count). The molecule has 1 aliphatic rings. The van der Waals surface area contributed by atoms with E-state index in [-0.39, 0.29) is 17.9 Å². The molecule has 0 fully saturated rings. The summed E-state index contributed by atoms with van der Waals surface area (Å²) in [4.78, 5) is 23.4. The van der Waals surface area contributed by atoms with Crippen molar-refractivity contribution in [3.63, 3.8) is 0 Å². The summed E-state index contributed by atoms with van der Waals surface area (Å²) in [5, 5.41) is 11.8. The Morgan fingerprint density at radius 1 is 1.42 bits per heavy atom. The van der Waals surface area contributed by atoms with Crippen LogP contribution < -0.4 is 10.1 Å². The van der Waals surface area contributed by atoms with Gasteiger partial charge < -0.3 is 15.2 Å². The van der Waals surface area contributed by atoms with Crippen LogP contribution in [-0.4, -0.2) is 40.6 Å². The van der Waals surface area contributed by atoms with Crippen LogP contribution in [0.4, 0.5) is 0 Å². The van der Waals surface area contributed by atoms with Gasteiger partial charge in [-0.25, -0.2) is 4.79 Å². The fourth-order valence-corrected chi connectivity index (χ4v) is 3.22. The molecular weight excluding hydrogens is 326 g/mol. The average Bonchev–Trinajstić information content (AvgIpc) is 2.50. The zero-order valence-corrected chi connectivity index (χ0v) is 15.2. The molecule has 0 saturated carbocycles. The van der Waals surface area contributed by atoms with Crippen LogP contribution >= 0.6 is 11.8 Å². The number of amides is 1. The van der Waals surface area contributed by atoms with Crippen molar-refractivity contribution in [1.82, 2.24) is 5.32 Å². The molecule has 2 N–H and O–H groups in total. The Labute approximate surface area is 147 Å². The van der Waals surface area contributed by atoms with Crippen molar-refractivity contribution in [2.75, 3.05) is 12.0 Å². The van der Waals surface area contributed by atoms with Gasteiger partial charge in [-0.2, -0.15) is 11.8 Å². The van der Waals surface area contributed by atoms with Crippen LogP contribution in [0.3, 0.4) is 0 Å². The maximum absolute atomic E-state index is 12.1. The molecular formula is C18H25NO4S. The maximum Gasteiger partial charge on any atom is 0.326 e. The molecule has 1 aliphatic heterocycles. The first kappa shape index (κ1) is 18.6. The lowest BCUT2D eigenvalue weighted by Gasteiger charge is -2.32. The van der Waals surface area contributed by atoms with Crippen molar-refractivity contribution >= 4 is 23.6 Å². The summed E-state index contributed by atoms with van der Waals surface area (Å²) >= 11 is 1.57. The van der Waals surface area contributed by atoms with E-state index < -0.39 is 12.0 Å². The number of hydrogen-bond acceptors (Lipinski definition) is 4. The van der Waals surface area contributed by atoms with Gasteiger partial charge in [0.25, 0.3) is 0 Å². The molecule has 0 radical (unpaired) electrons. The second-order valence-corrected chi connectivity index (χ2v) is 7.71. The number of carbonyl (C=O) groups excluding carboxylic acids is 1. The highest BCUT2D eigenvalue weighted by molar-refractivity contribution is 7.98. The highest BCUT2D eigenvalue weighted by Gasteiger charge is 2.26. The van der Waals surface area contributed by atoms with Crippen molar-refractivity contribution in [2.24, 2.45) is 0 Å². The van der Waals surface area contributed by atoms with Gasteiger partial charge in [-0.05, 0) is 62.3 Å². The largest absolute Gasteiger partial charge is 0.488 e. The van der Waals surface area contributed by atoms with E-state index in [2.05, 4.69) is 19.2 Å². The lowest BCUT2D eigenvalue weighted by atomic mass is 9.93. The van der Waals surface area contributed by atoms with E-state index in [9.17, 15) is 14.7 Å². The highest BCUT2D eigenvalue weighted by atomic mass is 32.2. The number of carbonyl (C=O) groups is 2. The summed E-state index contributed by atoms with van der Waals surface area (Å²) in [6.45, 7) is 4.13. The molecule has 0 aromatic heterocycles. The lowest BCUT2D eigenvalue weighted by molar-refractivity contribution is -0.141. The second kappa shape index (κ2) is 7.92. The topological polar surface area (TPSA) is 75.6 Å². The number of carboxylic acid groups (broad SMARTS) is 1. The second-order valence-electron chi connectivity index (χ2n) is 6.72. The number of carboxylic acids is 1. The van der Waals surface area contributed by atoms with Gasteiger partial charge in [-0.3, -0.25) is 4.79 Å². The molecule has 6 heteroatoms. The Kier molecular flexibility index (Phi) is 6.15. The van der Waals surface area contributed by atoms with E-state index >= 15 is 0 Å². The quantitative estimate of drug-likeness (QED) is 0.790. The SMILES string of the molecule is CSCCC(NC(=O)Cc1ccc2c(c1)CCC(C)(C)O2)C(=O)O. The van der Waals surface area contributed by atoms with Crippen molar-refractivity contribution < 1.29 is 19.4 Å². The van der Waals surface area contributed by atoms with Gasteiger partial charge in [0, 0.05) is 0 Å². The Balaban J connectivity index is 1.98. The minimum absolute atomic E-state index is 0.155. The van der Waals surface area contributed by atoms with Crippen molar-refractivity contribution in [2.45, 2.75) is 51.2 Å². The van der Waals surface area contributed by atoms with Crippen LogP contribution in [0.15, 0.2) is 18.2 Å². The molecule has 1 unspecified atom stereocenters. The Bertz CT molecular complexity index is 615. The Morgan fingerprint density at radius 3 is 2.83 bits per heavy atom. The van der Waals surface area contributed by atoms with E-state index in [1.165, 1.54) is 0 Å². The summed E-state index contributed by atoms with van der Waals surface area (Å²) in [5.74, 6) is 0.321. The fourth-order valence-electron chi connectivity index (χ4n) is 2.75. The first-order valence-electron chi connectivity index (χ1n) is 8.12. The zero-order chi connectivity index (χ0) is 17.7. The molecule has 0 saturated heterocycles. The number of hydrogen-bond donors (Lipinski definition) is 2. The van der Waals surface area contributed by atoms with Gasteiger partial charge in [0.05, 0.1) is 6.42 Å². The van der Waals surface area contributed by atoms with Crippen LogP contribution in [0.1, 0.15) is 37.8 Å². The summed E-state index contributed by atoms with van der Waals surface area (Å²) in [6, 6.07) is 4.94. The first-order valence-corrected chi connectivity index (χ1v) is 9.52. The molecule has 1 atom stereocenters. The molecule has 1 heterocycles. The summed E-state index contributed by atoms with van der Waals surface area (Å²) < 4.78 is 5.94. The standard InChI is InChI=1S/C18H25NO4S/c1-18(2)8-6-13-10-12(4-5-15(13)23-18)11-16(20)19-14(17(21)22)7-9-24-3/h4-5,10,14H,6-9,11H2,1-3H3,(H,19,20)(H,21,22). The van der Waals surface area contributed by atoms with E-state index in [1.807, 2.05) is 24.5 Å². The molecule has 1 aromatic rings. The monoisotopic (exact) mass is 351 g/mol. The van der Waals surface area contributed by atoms with Crippen LogP contribution in [0.2, 0.25) is 0 Å². The number of nitrogens with one attached hydrogen (secondary N) is 1. The molecule has 0 aliphatic carbocycles. The summed E-state index contributed by atoms with van der Waals surface area (Å²) in [5.41, 5.74) is 1.83. The molecule has 1 amide bonds. The average molecular weight is 351 g/mol. The molecule has 24 heavy (non-hydrogen) atoms. The van der Waals surface area contributed by atoms with Crippen molar-refractivity contribution in [3.05, 3.63) is 29.3 Å². The zero-order valence-electron chi connectivity index (χ0n) is 14.4. The number of rotatable bonds is 7. The number of aliphatic carboxylic acids is 1. The van der Waals surface area contributed by atoms with Gasteiger partial charge in [0.15, 0.2) is 0 Å². The van der Waals surface area contributed by atoms with E-state index in [4.69, 9.17) is 4.74 Å². The smallest absolute Gasteiger partial charge is 0.326 e. The summed E-state index contributed by atoms with van der Waals surface area (Å²) in [7, 11) is 0. The molecule has 5 nitrogen and oxygen atoms in total. The molecule has 0 bridgehead atoms. The van der Waals surface area contributed by atoms with Crippen LogP contribution in [0, 0.1) is 0 Å². The van der Waals surface area contributed by atoms with E-state index in [1.54, 1.807) is 11.8 Å². The number of fused-ring (bicyclic) bond motifs is 1. The molecule has 132 valence electrons. The number of ether oxygens (including phenoxy) is 1. The number of benzene rings is 1. The van der Waals surface area contributed by atoms with Gasteiger partial charge in [-0.15, -0.1) is 0 Å². The minimum atomic E-state index is -0.988. The first-order chi connectivity index (χ1) is 11.3. The van der Waals surface area contributed by atoms with Gasteiger partial charge in [0.1, 0.15) is 17.4 Å².